The van der Waals surface area contributed by atoms with Gasteiger partial charge in [-0.05, 0) is 67.6 Å². The summed E-state index contributed by atoms with van der Waals surface area (Å²) < 4.78 is 29.2. The smallest absolute Gasteiger partial charge is 0.262 e. The first-order chi connectivity index (χ1) is 15.5. The fourth-order valence-corrected chi connectivity index (χ4v) is 5.62. The van der Waals surface area contributed by atoms with Crippen molar-refractivity contribution >= 4 is 37.4 Å². The number of H-pyrrole nitrogens is 1. The summed E-state index contributed by atoms with van der Waals surface area (Å²) >= 11 is 0. The van der Waals surface area contributed by atoms with Crippen LogP contribution < -0.4 is 4.72 Å². The minimum Gasteiger partial charge on any atom is -0.361 e. The first kappa shape index (κ1) is 22.4. The molecule has 0 unspecified atom stereocenters. The van der Waals surface area contributed by atoms with Crippen molar-refractivity contribution in [1.82, 2.24) is 9.88 Å². The zero-order valence-corrected chi connectivity index (χ0v) is 19.6. The maximum Gasteiger partial charge on any atom is 0.262 e. The third-order valence-electron chi connectivity index (χ3n) is 5.84. The second-order valence-corrected chi connectivity index (χ2v) is 9.90. The summed E-state index contributed by atoms with van der Waals surface area (Å²) in [6, 6.07) is 18.6. The highest BCUT2D eigenvalue weighted by molar-refractivity contribution is 7.93. The molecule has 4 aromatic rings. The summed E-state index contributed by atoms with van der Waals surface area (Å²) in [6.45, 7) is 7.63. The molecular formula is C26H31N3O2S. The Bertz CT molecular complexity index is 1300. The van der Waals surface area contributed by atoms with Crippen LogP contribution in [-0.4, -0.2) is 37.9 Å². The van der Waals surface area contributed by atoms with Crippen LogP contribution >= 0.6 is 0 Å². The molecule has 1 heterocycles. The number of aromatic amines is 1. The molecule has 0 aliphatic rings. The van der Waals surface area contributed by atoms with Crippen molar-refractivity contribution < 1.29 is 8.42 Å². The normalized spacial score (nSPS) is 12.1. The van der Waals surface area contributed by atoms with Crippen LogP contribution in [0.3, 0.4) is 0 Å². The Kier molecular flexibility index (Phi) is 6.82. The number of rotatable bonds is 10. The molecule has 4 rings (SSSR count). The number of anilines is 1. The Morgan fingerprint density at radius 2 is 1.62 bits per heavy atom. The molecule has 0 bridgehead atoms. The van der Waals surface area contributed by atoms with Gasteiger partial charge < -0.3 is 9.88 Å². The van der Waals surface area contributed by atoms with Crippen molar-refractivity contribution in [3.63, 3.8) is 0 Å². The lowest BCUT2D eigenvalue weighted by atomic mass is 10.1. The molecule has 0 atom stereocenters. The Morgan fingerprint density at radius 1 is 0.875 bits per heavy atom. The fourth-order valence-electron chi connectivity index (χ4n) is 4.34. The molecule has 5 nitrogen and oxygen atoms in total. The zero-order chi connectivity index (χ0) is 22.6. The van der Waals surface area contributed by atoms with Crippen LogP contribution in [0.2, 0.25) is 0 Å². The first-order valence-corrected chi connectivity index (χ1v) is 12.8. The highest BCUT2D eigenvalue weighted by Gasteiger charge is 2.18. The van der Waals surface area contributed by atoms with Crippen LogP contribution in [0, 0.1) is 0 Å². The molecule has 6 heteroatoms. The van der Waals surface area contributed by atoms with Crippen molar-refractivity contribution in [1.29, 1.82) is 0 Å². The lowest BCUT2D eigenvalue weighted by Crippen LogP contribution is -2.27. The van der Waals surface area contributed by atoms with Gasteiger partial charge in [0.05, 0.1) is 4.90 Å². The molecular weight excluding hydrogens is 418 g/mol. The lowest BCUT2D eigenvalue weighted by Gasteiger charge is -2.20. The number of sulfonamides is 1. The van der Waals surface area contributed by atoms with Gasteiger partial charge >= 0.3 is 0 Å². The molecule has 32 heavy (non-hydrogen) atoms. The van der Waals surface area contributed by atoms with E-state index in [1.165, 1.54) is 5.56 Å². The highest BCUT2D eigenvalue weighted by Crippen LogP contribution is 2.27. The number of nitrogens with one attached hydrogen (secondary N) is 2. The van der Waals surface area contributed by atoms with Crippen LogP contribution in [0.25, 0.3) is 21.7 Å². The Hall–Kier alpha value is -2.83. The van der Waals surface area contributed by atoms with E-state index in [0.717, 1.165) is 60.6 Å². The van der Waals surface area contributed by atoms with Gasteiger partial charge in [0, 0.05) is 34.7 Å². The van der Waals surface area contributed by atoms with Gasteiger partial charge in [0.2, 0.25) is 0 Å². The zero-order valence-electron chi connectivity index (χ0n) is 18.8. The van der Waals surface area contributed by atoms with Gasteiger partial charge in [0.25, 0.3) is 10.0 Å². The summed E-state index contributed by atoms with van der Waals surface area (Å²) in [5.74, 6) is 0. The summed E-state index contributed by atoms with van der Waals surface area (Å²) in [5, 5.41) is 2.69. The number of benzene rings is 3. The molecule has 0 amide bonds. The molecule has 3 aromatic carbocycles. The van der Waals surface area contributed by atoms with Crippen LogP contribution in [-0.2, 0) is 16.4 Å². The number of hydrogen-bond donors (Lipinski definition) is 2. The predicted octanol–water partition coefficient (Wildman–Crippen LogP) is 5.79. The van der Waals surface area contributed by atoms with Crippen LogP contribution in [0.15, 0.2) is 71.8 Å². The van der Waals surface area contributed by atoms with Crippen molar-refractivity contribution in [3.05, 3.63) is 72.4 Å². The van der Waals surface area contributed by atoms with Gasteiger partial charge in [-0.2, -0.15) is 0 Å². The van der Waals surface area contributed by atoms with E-state index < -0.39 is 10.0 Å². The SMILES string of the molecule is CCCN(CCC)CCc1c[nH]c2ccc(NS(=O)(=O)c3cccc4ccccc34)cc12. The van der Waals surface area contributed by atoms with E-state index in [1.54, 1.807) is 12.1 Å². The Morgan fingerprint density at radius 3 is 2.41 bits per heavy atom. The van der Waals surface area contributed by atoms with Crippen LogP contribution in [0.5, 0.6) is 0 Å². The van der Waals surface area contributed by atoms with E-state index in [4.69, 9.17) is 0 Å². The lowest BCUT2D eigenvalue weighted by molar-refractivity contribution is 0.278. The maximum atomic E-state index is 13.2. The second kappa shape index (κ2) is 9.76. The summed E-state index contributed by atoms with van der Waals surface area (Å²) in [6.07, 6.45) is 5.27. The minimum atomic E-state index is -3.71. The number of nitrogens with zero attached hydrogens (tertiary/aromatic N) is 1. The van der Waals surface area contributed by atoms with Crippen molar-refractivity contribution in [2.24, 2.45) is 0 Å². The van der Waals surface area contributed by atoms with Crippen molar-refractivity contribution in [2.75, 3.05) is 24.4 Å². The molecule has 2 N–H and O–H groups in total. The minimum absolute atomic E-state index is 0.291. The van der Waals surface area contributed by atoms with Gasteiger partial charge in [0.15, 0.2) is 0 Å². The number of hydrogen-bond acceptors (Lipinski definition) is 3. The van der Waals surface area contributed by atoms with Crippen molar-refractivity contribution in [2.45, 2.75) is 38.0 Å². The molecule has 0 aliphatic heterocycles. The summed E-state index contributed by atoms with van der Waals surface area (Å²) in [5.41, 5.74) is 2.80. The van der Waals surface area contributed by atoms with E-state index in [1.807, 2.05) is 54.7 Å². The fraction of sp³-hybridized carbons (Fsp3) is 0.308. The van der Waals surface area contributed by atoms with E-state index in [9.17, 15) is 8.42 Å². The van der Waals surface area contributed by atoms with E-state index in [2.05, 4.69) is 28.5 Å². The van der Waals surface area contributed by atoms with Crippen LogP contribution in [0.4, 0.5) is 5.69 Å². The third-order valence-corrected chi connectivity index (χ3v) is 7.28. The first-order valence-electron chi connectivity index (χ1n) is 11.3. The molecule has 1 aromatic heterocycles. The van der Waals surface area contributed by atoms with Gasteiger partial charge in [-0.1, -0.05) is 50.2 Å². The highest BCUT2D eigenvalue weighted by atomic mass is 32.2. The van der Waals surface area contributed by atoms with E-state index >= 15 is 0 Å². The van der Waals surface area contributed by atoms with E-state index in [-0.39, 0.29) is 0 Å². The Balaban J connectivity index is 1.59. The van der Waals surface area contributed by atoms with Gasteiger partial charge in [-0.25, -0.2) is 8.42 Å². The maximum absolute atomic E-state index is 13.2. The molecule has 0 aliphatic carbocycles. The quantitative estimate of drug-likeness (QED) is 0.322. The van der Waals surface area contributed by atoms with Gasteiger partial charge in [-0.15, -0.1) is 0 Å². The largest absolute Gasteiger partial charge is 0.361 e. The van der Waals surface area contributed by atoms with E-state index in [0.29, 0.717) is 10.6 Å². The number of aromatic nitrogens is 1. The van der Waals surface area contributed by atoms with Gasteiger partial charge in [0.1, 0.15) is 0 Å². The topological polar surface area (TPSA) is 65.2 Å². The van der Waals surface area contributed by atoms with Gasteiger partial charge in [-0.3, -0.25) is 4.72 Å². The Labute approximate surface area is 190 Å². The second-order valence-electron chi connectivity index (χ2n) is 8.25. The molecule has 0 saturated carbocycles. The summed E-state index contributed by atoms with van der Waals surface area (Å²) in [4.78, 5) is 6.11. The summed E-state index contributed by atoms with van der Waals surface area (Å²) in [7, 11) is -3.71. The average Bonchev–Trinajstić information content (AvgIpc) is 3.19. The molecule has 0 radical (unpaired) electrons. The number of fused-ring (bicyclic) bond motifs is 2. The predicted molar refractivity (Wildman–Crippen MR) is 134 cm³/mol. The van der Waals surface area contributed by atoms with Crippen LogP contribution in [0.1, 0.15) is 32.3 Å². The molecule has 0 fully saturated rings. The monoisotopic (exact) mass is 449 g/mol. The molecule has 168 valence electrons. The molecule has 0 spiro atoms. The molecule has 0 saturated heterocycles. The average molecular weight is 450 g/mol. The third kappa shape index (κ3) is 4.81. The van der Waals surface area contributed by atoms with Crippen molar-refractivity contribution in [3.8, 4) is 0 Å². The standard InChI is InChI=1S/C26H31N3O2S/c1-3-15-29(16-4-2)17-14-21-19-27-25-13-12-22(18-24(21)25)28-32(30,31)26-11-7-9-20-8-5-6-10-23(20)26/h5-13,18-19,27-28H,3-4,14-17H2,1-2H3.